The Morgan fingerprint density at radius 1 is 1.33 bits per heavy atom. The molecule has 1 aliphatic rings. The number of rotatable bonds is 3. The van der Waals surface area contributed by atoms with Gasteiger partial charge in [-0.1, -0.05) is 11.6 Å². The van der Waals surface area contributed by atoms with Gasteiger partial charge in [0, 0.05) is 6.04 Å². The molecule has 1 fully saturated rings. The van der Waals surface area contributed by atoms with Crippen LogP contribution in [-0.2, 0) is 0 Å². The van der Waals surface area contributed by atoms with E-state index in [2.05, 4.69) is 0 Å². The van der Waals surface area contributed by atoms with Gasteiger partial charge in [0.1, 0.15) is 5.75 Å². The minimum atomic E-state index is -1.03. The molecule has 0 amide bonds. The lowest BCUT2D eigenvalue weighted by atomic mass is 9.94. The number of carbonyl (C=O) groups is 1. The van der Waals surface area contributed by atoms with Crippen LogP contribution in [-0.4, -0.2) is 23.2 Å². The van der Waals surface area contributed by atoms with Crippen LogP contribution in [0.15, 0.2) is 18.2 Å². The summed E-state index contributed by atoms with van der Waals surface area (Å²) in [6.45, 7) is 0. The van der Waals surface area contributed by atoms with Gasteiger partial charge in [0.25, 0.3) is 0 Å². The summed E-state index contributed by atoms with van der Waals surface area (Å²) in [5, 5.41) is 9.07. The van der Waals surface area contributed by atoms with Gasteiger partial charge in [-0.25, -0.2) is 4.79 Å². The third-order valence-corrected chi connectivity index (χ3v) is 3.51. The minimum absolute atomic E-state index is 0.0923. The molecule has 0 radical (unpaired) electrons. The number of halogens is 1. The van der Waals surface area contributed by atoms with Crippen molar-refractivity contribution >= 4 is 17.6 Å². The number of nitrogens with two attached hydrogens (primary N) is 1. The molecule has 1 saturated carbocycles. The zero-order valence-corrected chi connectivity index (χ0v) is 10.7. The fourth-order valence-electron chi connectivity index (χ4n) is 2.14. The van der Waals surface area contributed by atoms with Crippen LogP contribution in [0.2, 0.25) is 5.02 Å². The Labute approximate surface area is 111 Å². The molecule has 1 aromatic rings. The summed E-state index contributed by atoms with van der Waals surface area (Å²) in [6, 6.07) is 4.95. The van der Waals surface area contributed by atoms with Gasteiger partial charge >= 0.3 is 5.97 Å². The SMILES string of the molecule is NC1CCC(Oc2ccc(C(=O)O)c(Cl)c2)CC1. The predicted molar refractivity (Wildman–Crippen MR) is 69.3 cm³/mol. The summed E-state index contributed by atoms with van der Waals surface area (Å²) in [6.07, 6.45) is 3.94. The Kier molecular flexibility index (Phi) is 4.09. The van der Waals surface area contributed by atoms with Crippen LogP contribution in [0.1, 0.15) is 36.0 Å². The zero-order chi connectivity index (χ0) is 13.1. The number of ether oxygens (including phenoxy) is 1. The number of carboxylic acid groups (broad SMARTS) is 1. The van der Waals surface area contributed by atoms with Gasteiger partial charge in [-0.05, 0) is 43.9 Å². The van der Waals surface area contributed by atoms with E-state index in [4.69, 9.17) is 27.2 Å². The lowest BCUT2D eigenvalue weighted by molar-refractivity contribution is 0.0697. The number of hydrogen-bond acceptors (Lipinski definition) is 3. The van der Waals surface area contributed by atoms with Crippen molar-refractivity contribution in [2.45, 2.75) is 37.8 Å². The first-order valence-corrected chi connectivity index (χ1v) is 6.39. The molecule has 0 unspecified atom stereocenters. The summed E-state index contributed by atoms with van der Waals surface area (Å²) >= 11 is 5.88. The lowest BCUT2D eigenvalue weighted by Gasteiger charge is -2.26. The van der Waals surface area contributed by atoms with Crippen molar-refractivity contribution in [1.29, 1.82) is 0 Å². The summed E-state index contributed by atoms with van der Waals surface area (Å²) in [5.41, 5.74) is 5.92. The first-order chi connectivity index (χ1) is 8.56. The second-order valence-corrected chi connectivity index (χ2v) is 5.01. The molecule has 0 bridgehead atoms. The maximum absolute atomic E-state index is 10.8. The molecule has 0 aromatic heterocycles. The highest BCUT2D eigenvalue weighted by Crippen LogP contribution is 2.27. The number of hydrogen-bond donors (Lipinski definition) is 2. The van der Waals surface area contributed by atoms with Crippen molar-refractivity contribution in [2.24, 2.45) is 5.73 Å². The van der Waals surface area contributed by atoms with E-state index in [1.807, 2.05) is 0 Å². The van der Waals surface area contributed by atoms with Crippen LogP contribution in [0.25, 0.3) is 0 Å². The van der Waals surface area contributed by atoms with Gasteiger partial charge < -0.3 is 15.6 Å². The van der Waals surface area contributed by atoms with E-state index in [0.29, 0.717) is 5.75 Å². The summed E-state index contributed by atoms with van der Waals surface area (Å²) in [4.78, 5) is 10.8. The molecule has 4 nitrogen and oxygen atoms in total. The molecule has 1 aromatic carbocycles. The topological polar surface area (TPSA) is 72.5 Å². The maximum atomic E-state index is 10.8. The van der Waals surface area contributed by atoms with Crippen LogP contribution in [0, 0.1) is 0 Å². The number of benzene rings is 1. The highest BCUT2D eigenvalue weighted by atomic mass is 35.5. The molecule has 1 aliphatic carbocycles. The van der Waals surface area contributed by atoms with Gasteiger partial charge in [0.2, 0.25) is 0 Å². The van der Waals surface area contributed by atoms with Crippen LogP contribution in [0.4, 0.5) is 0 Å². The van der Waals surface area contributed by atoms with E-state index in [0.717, 1.165) is 25.7 Å². The van der Waals surface area contributed by atoms with E-state index >= 15 is 0 Å². The molecule has 0 spiro atoms. The lowest BCUT2D eigenvalue weighted by Crippen LogP contribution is -2.31. The Bertz CT molecular complexity index is 442. The van der Waals surface area contributed by atoms with Crippen molar-refractivity contribution in [3.63, 3.8) is 0 Å². The average Bonchev–Trinajstić information content (AvgIpc) is 2.32. The van der Waals surface area contributed by atoms with Crippen LogP contribution in [0.3, 0.4) is 0 Å². The molecule has 0 heterocycles. The maximum Gasteiger partial charge on any atom is 0.337 e. The molecular formula is C13H16ClNO3. The Hall–Kier alpha value is -1.26. The zero-order valence-electron chi connectivity index (χ0n) is 9.93. The summed E-state index contributed by atoms with van der Waals surface area (Å²) < 4.78 is 5.79. The van der Waals surface area contributed by atoms with Crippen molar-refractivity contribution in [1.82, 2.24) is 0 Å². The van der Waals surface area contributed by atoms with Gasteiger partial charge in [-0.2, -0.15) is 0 Å². The Balaban J connectivity index is 2.02. The van der Waals surface area contributed by atoms with E-state index in [1.165, 1.54) is 6.07 Å². The summed E-state index contributed by atoms with van der Waals surface area (Å²) in [5.74, 6) is -0.416. The molecule has 2 rings (SSSR count). The molecule has 98 valence electrons. The first kappa shape index (κ1) is 13.2. The smallest absolute Gasteiger partial charge is 0.337 e. The molecule has 0 atom stereocenters. The summed E-state index contributed by atoms with van der Waals surface area (Å²) in [7, 11) is 0. The van der Waals surface area contributed by atoms with Gasteiger partial charge in [-0.3, -0.25) is 0 Å². The largest absolute Gasteiger partial charge is 0.490 e. The van der Waals surface area contributed by atoms with Crippen LogP contribution < -0.4 is 10.5 Å². The molecule has 18 heavy (non-hydrogen) atoms. The van der Waals surface area contributed by atoms with Gasteiger partial charge in [0.15, 0.2) is 0 Å². The monoisotopic (exact) mass is 269 g/mol. The van der Waals surface area contributed by atoms with Gasteiger partial charge in [0.05, 0.1) is 16.7 Å². The standard InChI is InChI=1S/C13H16ClNO3/c14-12-7-10(5-6-11(12)13(16)17)18-9-3-1-8(15)2-4-9/h5-9H,1-4,15H2,(H,16,17). The minimum Gasteiger partial charge on any atom is -0.490 e. The Morgan fingerprint density at radius 2 is 2.00 bits per heavy atom. The van der Waals surface area contributed by atoms with E-state index < -0.39 is 5.97 Å². The highest BCUT2D eigenvalue weighted by molar-refractivity contribution is 6.33. The molecule has 0 saturated heterocycles. The van der Waals surface area contributed by atoms with Crippen LogP contribution in [0.5, 0.6) is 5.75 Å². The highest BCUT2D eigenvalue weighted by Gasteiger charge is 2.20. The molecule has 5 heteroatoms. The van der Waals surface area contributed by atoms with E-state index in [1.54, 1.807) is 12.1 Å². The average molecular weight is 270 g/mol. The van der Waals surface area contributed by atoms with Crippen molar-refractivity contribution in [3.8, 4) is 5.75 Å². The fraction of sp³-hybridized carbons (Fsp3) is 0.462. The Morgan fingerprint density at radius 3 is 2.56 bits per heavy atom. The van der Waals surface area contributed by atoms with Crippen molar-refractivity contribution in [2.75, 3.05) is 0 Å². The quantitative estimate of drug-likeness (QED) is 0.885. The van der Waals surface area contributed by atoms with Gasteiger partial charge in [-0.15, -0.1) is 0 Å². The molecule has 3 N–H and O–H groups in total. The molecular weight excluding hydrogens is 254 g/mol. The number of carboxylic acids is 1. The third kappa shape index (κ3) is 3.15. The van der Waals surface area contributed by atoms with Crippen molar-refractivity contribution in [3.05, 3.63) is 28.8 Å². The van der Waals surface area contributed by atoms with E-state index in [9.17, 15) is 4.79 Å². The second-order valence-electron chi connectivity index (χ2n) is 4.60. The fourth-order valence-corrected chi connectivity index (χ4v) is 2.39. The van der Waals surface area contributed by atoms with Crippen LogP contribution >= 0.6 is 11.6 Å². The number of aromatic carboxylic acids is 1. The first-order valence-electron chi connectivity index (χ1n) is 6.01. The normalized spacial score (nSPS) is 23.7. The predicted octanol–water partition coefficient (Wildman–Crippen LogP) is 2.69. The molecule has 0 aliphatic heterocycles. The van der Waals surface area contributed by atoms with Crippen molar-refractivity contribution < 1.29 is 14.6 Å². The third-order valence-electron chi connectivity index (χ3n) is 3.19. The van der Waals surface area contributed by atoms with E-state index in [-0.39, 0.29) is 22.7 Å². The second kappa shape index (κ2) is 5.59.